The Morgan fingerprint density at radius 3 is 2.07 bits per heavy atom. The van der Waals surface area contributed by atoms with Crippen LogP contribution in [0.4, 0.5) is 0 Å². The van der Waals surface area contributed by atoms with Crippen molar-refractivity contribution in [2.45, 2.75) is 26.3 Å². The summed E-state index contributed by atoms with van der Waals surface area (Å²) in [6.07, 6.45) is 1.08. The number of hydrogen-bond donors (Lipinski definition) is 1. The van der Waals surface area contributed by atoms with Crippen LogP contribution in [-0.2, 0) is 0 Å². The standard InChI is InChI=1S/C12H17Cl2N/c1-8(2)4-12(15-3)9-5-10(13)7-11(14)6-9/h5-8,12,15H,4H2,1-3H3. The molecule has 0 aromatic heterocycles. The molecule has 0 aliphatic rings. The van der Waals surface area contributed by atoms with Crippen molar-refractivity contribution in [2.24, 2.45) is 5.92 Å². The highest BCUT2D eigenvalue weighted by molar-refractivity contribution is 6.34. The molecule has 1 aromatic rings. The van der Waals surface area contributed by atoms with Crippen molar-refractivity contribution in [3.8, 4) is 0 Å². The van der Waals surface area contributed by atoms with Gasteiger partial charge in [-0.2, -0.15) is 0 Å². The predicted molar refractivity (Wildman–Crippen MR) is 67.7 cm³/mol. The quantitative estimate of drug-likeness (QED) is 0.835. The molecule has 0 spiro atoms. The van der Waals surface area contributed by atoms with Crippen molar-refractivity contribution in [2.75, 3.05) is 7.05 Å². The maximum absolute atomic E-state index is 5.98. The van der Waals surface area contributed by atoms with E-state index in [1.165, 1.54) is 0 Å². The van der Waals surface area contributed by atoms with Crippen molar-refractivity contribution in [3.05, 3.63) is 33.8 Å². The molecular weight excluding hydrogens is 229 g/mol. The molecule has 0 radical (unpaired) electrons. The van der Waals surface area contributed by atoms with Crippen LogP contribution >= 0.6 is 23.2 Å². The summed E-state index contributed by atoms with van der Waals surface area (Å²) in [4.78, 5) is 0. The van der Waals surface area contributed by atoms with E-state index in [9.17, 15) is 0 Å². The van der Waals surface area contributed by atoms with Gasteiger partial charge in [0.2, 0.25) is 0 Å². The molecule has 0 saturated carbocycles. The third-order valence-corrected chi connectivity index (χ3v) is 2.78. The predicted octanol–water partition coefficient (Wildman–Crippen LogP) is 4.30. The summed E-state index contributed by atoms with van der Waals surface area (Å²) in [6.45, 7) is 4.41. The Hall–Kier alpha value is -0.240. The Kier molecular flexibility index (Phi) is 4.91. The van der Waals surface area contributed by atoms with Gasteiger partial charge in [0.15, 0.2) is 0 Å². The molecule has 15 heavy (non-hydrogen) atoms. The van der Waals surface area contributed by atoms with Gasteiger partial charge in [-0.15, -0.1) is 0 Å². The van der Waals surface area contributed by atoms with E-state index < -0.39 is 0 Å². The summed E-state index contributed by atoms with van der Waals surface area (Å²) in [5.74, 6) is 0.639. The van der Waals surface area contributed by atoms with Crippen LogP contribution < -0.4 is 5.32 Å². The van der Waals surface area contributed by atoms with Gasteiger partial charge in [-0.05, 0) is 43.1 Å². The van der Waals surface area contributed by atoms with Gasteiger partial charge in [0.05, 0.1) is 0 Å². The van der Waals surface area contributed by atoms with Crippen LogP contribution in [0, 0.1) is 5.92 Å². The monoisotopic (exact) mass is 245 g/mol. The number of benzene rings is 1. The van der Waals surface area contributed by atoms with Crippen LogP contribution in [0.25, 0.3) is 0 Å². The van der Waals surface area contributed by atoms with E-state index in [0.717, 1.165) is 12.0 Å². The van der Waals surface area contributed by atoms with E-state index in [1.807, 2.05) is 19.2 Å². The van der Waals surface area contributed by atoms with E-state index in [2.05, 4.69) is 19.2 Å². The van der Waals surface area contributed by atoms with Crippen molar-refractivity contribution in [1.82, 2.24) is 5.32 Å². The van der Waals surface area contributed by atoms with Gasteiger partial charge in [-0.3, -0.25) is 0 Å². The minimum atomic E-state index is 0.321. The lowest BCUT2D eigenvalue weighted by Gasteiger charge is -2.19. The van der Waals surface area contributed by atoms with Gasteiger partial charge in [0, 0.05) is 16.1 Å². The van der Waals surface area contributed by atoms with Crippen LogP contribution in [0.15, 0.2) is 18.2 Å². The first-order valence-corrected chi connectivity index (χ1v) is 5.91. The lowest BCUT2D eigenvalue weighted by molar-refractivity contribution is 0.457. The lowest BCUT2D eigenvalue weighted by Crippen LogP contribution is -2.18. The zero-order valence-corrected chi connectivity index (χ0v) is 10.9. The molecule has 84 valence electrons. The molecule has 0 fully saturated rings. The SMILES string of the molecule is CNC(CC(C)C)c1cc(Cl)cc(Cl)c1. The smallest absolute Gasteiger partial charge is 0.0424 e. The molecular formula is C12H17Cl2N. The number of halogens is 2. The Bertz CT molecular complexity index is 303. The van der Waals surface area contributed by atoms with E-state index in [-0.39, 0.29) is 0 Å². The fraction of sp³-hybridized carbons (Fsp3) is 0.500. The van der Waals surface area contributed by atoms with E-state index >= 15 is 0 Å². The number of rotatable bonds is 4. The van der Waals surface area contributed by atoms with Crippen LogP contribution in [0.2, 0.25) is 10.0 Å². The lowest BCUT2D eigenvalue weighted by atomic mass is 9.97. The van der Waals surface area contributed by atoms with E-state index in [0.29, 0.717) is 22.0 Å². The maximum atomic E-state index is 5.98. The van der Waals surface area contributed by atoms with Gasteiger partial charge < -0.3 is 5.32 Å². The third-order valence-electron chi connectivity index (χ3n) is 2.34. The fourth-order valence-corrected chi connectivity index (χ4v) is 2.21. The molecule has 1 rings (SSSR count). The van der Waals surface area contributed by atoms with Crippen molar-refractivity contribution in [1.29, 1.82) is 0 Å². The summed E-state index contributed by atoms with van der Waals surface area (Å²) in [5, 5.41) is 4.68. The molecule has 1 N–H and O–H groups in total. The normalized spacial score (nSPS) is 13.2. The highest BCUT2D eigenvalue weighted by Crippen LogP contribution is 2.26. The fourth-order valence-electron chi connectivity index (χ4n) is 1.67. The minimum absolute atomic E-state index is 0.321. The molecule has 0 heterocycles. The summed E-state index contributed by atoms with van der Waals surface area (Å²) < 4.78 is 0. The first-order valence-electron chi connectivity index (χ1n) is 5.16. The molecule has 1 nitrogen and oxygen atoms in total. The second-order valence-electron chi connectivity index (χ2n) is 4.17. The molecule has 1 unspecified atom stereocenters. The summed E-state index contributed by atoms with van der Waals surface area (Å²) in [7, 11) is 1.96. The molecule has 1 atom stereocenters. The van der Waals surface area contributed by atoms with E-state index in [1.54, 1.807) is 6.07 Å². The van der Waals surface area contributed by atoms with Crippen molar-refractivity contribution < 1.29 is 0 Å². The van der Waals surface area contributed by atoms with Crippen LogP contribution in [0.3, 0.4) is 0 Å². The van der Waals surface area contributed by atoms with E-state index in [4.69, 9.17) is 23.2 Å². The Morgan fingerprint density at radius 2 is 1.67 bits per heavy atom. The average Bonchev–Trinajstić information content (AvgIpc) is 2.12. The Morgan fingerprint density at radius 1 is 1.13 bits per heavy atom. The molecule has 0 amide bonds. The highest BCUT2D eigenvalue weighted by Gasteiger charge is 2.12. The van der Waals surface area contributed by atoms with Gasteiger partial charge in [-0.25, -0.2) is 0 Å². The highest BCUT2D eigenvalue weighted by atomic mass is 35.5. The van der Waals surface area contributed by atoms with Gasteiger partial charge in [0.25, 0.3) is 0 Å². The first kappa shape index (κ1) is 12.8. The van der Waals surface area contributed by atoms with Crippen molar-refractivity contribution >= 4 is 23.2 Å². The molecule has 1 aromatic carbocycles. The van der Waals surface area contributed by atoms with Crippen molar-refractivity contribution in [3.63, 3.8) is 0 Å². The topological polar surface area (TPSA) is 12.0 Å². The second kappa shape index (κ2) is 5.74. The molecule has 0 saturated heterocycles. The first-order chi connectivity index (χ1) is 7.02. The van der Waals surface area contributed by atoms with Gasteiger partial charge >= 0.3 is 0 Å². The Labute approximate surface area is 102 Å². The largest absolute Gasteiger partial charge is 0.313 e. The molecule has 0 bridgehead atoms. The maximum Gasteiger partial charge on any atom is 0.0424 e. The second-order valence-corrected chi connectivity index (χ2v) is 5.05. The van der Waals surface area contributed by atoms with Crippen LogP contribution in [-0.4, -0.2) is 7.05 Å². The molecule has 3 heteroatoms. The molecule has 0 aliphatic heterocycles. The minimum Gasteiger partial charge on any atom is -0.313 e. The van der Waals surface area contributed by atoms with Gasteiger partial charge in [0.1, 0.15) is 0 Å². The summed E-state index contributed by atoms with van der Waals surface area (Å²) in [6, 6.07) is 6.02. The zero-order valence-electron chi connectivity index (χ0n) is 9.35. The van der Waals surface area contributed by atoms with Crippen LogP contribution in [0.5, 0.6) is 0 Å². The Balaban J connectivity index is 2.91. The average molecular weight is 246 g/mol. The molecule has 0 aliphatic carbocycles. The summed E-state index contributed by atoms with van der Waals surface area (Å²) in [5.41, 5.74) is 1.16. The third kappa shape index (κ3) is 4.02. The van der Waals surface area contributed by atoms with Gasteiger partial charge in [-0.1, -0.05) is 37.0 Å². The summed E-state index contributed by atoms with van der Waals surface area (Å²) >= 11 is 12.0. The van der Waals surface area contributed by atoms with Crippen LogP contribution in [0.1, 0.15) is 31.9 Å². The zero-order chi connectivity index (χ0) is 11.4. The number of nitrogens with one attached hydrogen (secondary N) is 1. The number of hydrogen-bond acceptors (Lipinski definition) is 1.